The van der Waals surface area contributed by atoms with Gasteiger partial charge in [-0.1, -0.05) is 35.9 Å². The molecule has 1 saturated heterocycles. The number of para-hydroxylation sites is 1. The first-order valence-corrected chi connectivity index (χ1v) is 11.7. The predicted octanol–water partition coefficient (Wildman–Crippen LogP) is 4.53. The molecule has 1 aliphatic heterocycles. The molecule has 1 heterocycles. The maximum atomic E-state index is 13.1. The molecule has 0 aliphatic carbocycles. The first-order chi connectivity index (χ1) is 14.9. The van der Waals surface area contributed by atoms with Gasteiger partial charge in [0.25, 0.3) is 0 Å². The van der Waals surface area contributed by atoms with Gasteiger partial charge in [-0.05, 0) is 68.3 Å². The van der Waals surface area contributed by atoms with Crippen LogP contribution < -0.4 is 10.6 Å². The monoisotopic (exact) mass is 435 g/mol. The highest BCUT2D eigenvalue weighted by molar-refractivity contribution is 7.89. The lowest BCUT2D eigenvalue weighted by atomic mass is 10.2. The smallest absolute Gasteiger partial charge is 0.243 e. The van der Waals surface area contributed by atoms with Crippen LogP contribution in [0.4, 0.5) is 17.1 Å². The minimum absolute atomic E-state index is 0.217. The molecular weight excluding hydrogens is 410 g/mol. The summed E-state index contributed by atoms with van der Waals surface area (Å²) in [6.07, 6.45) is 1.16. The van der Waals surface area contributed by atoms with Crippen molar-refractivity contribution in [2.24, 2.45) is 0 Å². The second-order valence-electron chi connectivity index (χ2n) is 7.64. The Balaban J connectivity index is 1.44. The zero-order valence-electron chi connectivity index (χ0n) is 17.3. The van der Waals surface area contributed by atoms with E-state index in [0.717, 1.165) is 16.9 Å². The van der Waals surface area contributed by atoms with E-state index in [2.05, 4.69) is 10.6 Å². The topological polar surface area (TPSA) is 78.5 Å². The third-order valence-corrected chi connectivity index (χ3v) is 7.27. The number of aryl methyl sites for hydroxylation is 1. The largest absolute Gasteiger partial charge is 0.356 e. The lowest BCUT2D eigenvalue weighted by Crippen LogP contribution is -2.43. The van der Waals surface area contributed by atoms with Crippen LogP contribution in [0.25, 0.3) is 0 Å². The number of sulfonamides is 1. The Kier molecular flexibility index (Phi) is 6.06. The van der Waals surface area contributed by atoms with E-state index < -0.39 is 16.1 Å². The lowest BCUT2D eigenvalue weighted by Gasteiger charge is -2.23. The molecule has 1 aliphatic rings. The Morgan fingerprint density at radius 2 is 1.48 bits per heavy atom. The van der Waals surface area contributed by atoms with Crippen LogP contribution in [-0.2, 0) is 14.8 Å². The molecule has 6 nitrogen and oxygen atoms in total. The first-order valence-electron chi connectivity index (χ1n) is 10.2. The second-order valence-corrected chi connectivity index (χ2v) is 9.54. The summed E-state index contributed by atoms with van der Waals surface area (Å²) in [7, 11) is -3.72. The molecular formula is C24H25N3O3S. The molecule has 0 unspecified atom stereocenters. The van der Waals surface area contributed by atoms with E-state index in [9.17, 15) is 13.2 Å². The van der Waals surface area contributed by atoms with Gasteiger partial charge in [-0.25, -0.2) is 8.42 Å². The molecule has 3 aromatic carbocycles. The molecule has 7 heteroatoms. The summed E-state index contributed by atoms with van der Waals surface area (Å²) in [5.74, 6) is -0.308. The number of nitrogens with one attached hydrogen (secondary N) is 2. The van der Waals surface area contributed by atoms with E-state index in [1.54, 1.807) is 36.4 Å². The number of amides is 1. The lowest BCUT2D eigenvalue weighted by molar-refractivity contribution is -0.119. The van der Waals surface area contributed by atoms with Crippen molar-refractivity contribution in [3.05, 3.63) is 84.4 Å². The van der Waals surface area contributed by atoms with E-state index in [-0.39, 0.29) is 10.8 Å². The Labute approximate surface area is 183 Å². The van der Waals surface area contributed by atoms with Gasteiger partial charge in [0, 0.05) is 23.6 Å². The zero-order valence-corrected chi connectivity index (χ0v) is 18.1. The third kappa shape index (κ3) is 4.78. The summed E-state index contributed by atoms with van der Waals surface area (Å²) in [5.41, 5.74) is 3.49. The maximum absolute atomic E-state index is 13.1. The van der Waals surface area contributed by atoms with Gasteiger partial charge in [-0.3, -0.25) is 4.79 Å². The van der Waals surface area contributed by atoms with Gasteiger partial charge < -0.3 is 10.6 Å². The van der Waals surface area contributed by atoms with Gasteiger partial charge in [-0.15, -0.1) is 0 Å². The van der Waals surface area contributed by atoms with Crippen LogP contribution in [0.3, 0.4) is 0 Å². The number of carbonyl (C=O) groups is 1. The van der Waals surface area contributed by atoms with E-state index >= 15 is 0 Å². The summed E-state index contributed by atoms with van der Waals surface area (Å²) in [5, 5.41) is 6.15. The number of hydrogen-bond donors (Lipinski definition) is 2. The number of benzene rings is 3. The van der Waals surface area contributed by atoms with Crippen molar-refractivity contribution >= 4 is 33.0 Å². The Morgan fingerprint density at radius 1 is 0.871 bits per heavy atom. The normalized spacial score (nSPS) is 16.7. The number of rotatable bonds is 6. The maximum Gasteiger partial charge on any atom is 0.243 e. The molecule has 160 valence electrons. The van der Waals surface area contributed by atoms with E-state index in [4.69, 9.17) is 0 Å². The fourth-order valence-corrected chi connectivity index (χ4v) is 5.34. The molecule has 4 rings (SSSR count). The molecule has 1 fully saturated rings. The van der Waals surface area contributed by atoms with Crippen LogP contribution in [0.1, 0.15) is 18.4 Å². The van der Waals surface area contributed by atoms with Crippen molar-refractivity contribution in [2.75, 3.05) is 17.2 Å². The highest BCUT2D eigenvalue weighted by Crippen LogP contribution is 2.27. The molecule has 2 N–H and O–H groups in total. The van der Waals surface area contributed by atoms with Crippen molar-refractivity contribution in [3.8, 4) is 0 Å². The second kappa shape index (κ2) is 8.91. The minimum Gasteiger partial charge on any atom is -0.356 e. The summed E-state index contributed by atoms with van der Waals surface area (Å²) in [4.78, 5) is 13.1. The van der Waals surface area contributed by atoms with Gasteiger partial charge in [0.2, 0.25) is 15.9 Å². The third-order valence-electron chi connectivity index (χ3n) is 5.35. The highest BCUT2D eigenvalue weighted by Gasteiger charge is 2.39. The minimum atomic E-state index is -3.72. The van der Waals surface area contributed by atoms with Crippen LogP contribution in [0, 0.1) is 6.92 Å². The fourth-order valence-electron chi connectivity index (χ4n) is 3.69. The molecule has 0 bridgehead atoms. The summed E-state index contributed by atoms with van der Waals surface area (Å²) >= 11 is 0. The molecule has 1 atom stereocenters. The van der Waals surface area contributed by atoms with Gasteiger partial charge in [0.15, 0.2) is 0 Å². The average molecular weight is 436 g/mol. The van der Waals surface area contributed by atoms with Crippen molar-refractivity contribution in [1.82, 2.24) is 4.31 Å². The zero-order chi connectivity index (χ0) is 21.8. The van der Waals surface area contributed by atoms with Crippen LogP contribution in [0.15, 0.2) is 83.8 Å². The Bertz CT molecular complexity index is 1140. The fraction of sp³-hybridized carbons (Fsp3) is 0.208. The number of carbonyl (C=O) groups excluding carboxylic acids is 1. The van der Waals surface area contributed by atoms with Gasteiger partial charge in [-0.2, -0.15) is 4.31 Å². The quantitative estimate of drug-likeness (QED) is 0.596. The number of nitrogens with zero attached hydrogens (tertiary/aromatic N) is 1. The van der Waals surface area contributed by atoms with Gasteiger partial charge >= 0.3 is 0 Å². The van der Waals surface area contributed by atoms with Gasteiger partial charge in [0.1, 0.15) is 6.04 Å². The first kappa shape index (κ1) is 21.1. The number of anilines is 3. The van der Waals surface area contributed by atoms with Crippen molar-refractivity contribution in [3.63, 3.8) is 0 Å². The predicted molar refractivity (Wildman–Crippen MR) is 123 cm³/mol. The molecule has 0 aromatic heterocycles. The molecule has 1 amide bonds. The van der Waals surface area contributed by atoms with Crippen molar-refractivity contribution < 1.29 is 13.2 Å². The highest BCUT2D eigenvalue weighted by atomic mass is 32.2. The van der Waals surface area contributed by atoms with Crippen molar-refractivity contribution in [1.29, 1.82) is 0 Å². The SMILES string of the molecule is Cc1ccc(S(=O)(=O)N2CCC[C@@H]2C(=O)Nc2ccc(Nc3ccccc3)cc2)cc1. The van der Waals surface area contributed by atoms with Crippen molar-refractivity contribution in [2.45, 2.75) is 30.7 Å². The molecule has 0 saturated carbocycles. The van der Waals surface area contributed by atoms with Gasteiger partial charge in [0.05, 0.1) is 4.90 Å². The number of hydrogen-bond acceptors (Lipinski definition) is 4. The van der Waals surface area contributed by atoms with Crippen LogP contribution in [-0.4, -0.2) is 31.2 Å². The Hall–Kier alpha value is -3.16. The Morgan fingerprint density at radius 3 is 2.16 bits per heavy atom. The average Bonchev–Trinajstić information content (AvgIpc) is 3.27. The molecule has 3 aromatic rings. The summed E-state index contributed by atoms with van der Waals surface area (Å²) in [6, 6.07) is 23.2. The molecule has 0 radical (unpaired) electrons. The van der Waals surface area contributed by atoms with Crippen LogP contribution in [0.2, 0.25) is 0 Å². The summed E-state index contributed by atoms with van der Waals surface area (Å²) < 4.78 is 27.5. The van der Waals surface area contributed by atoms with E-state index in [0.29, 0.717) is 25.1 Å². The van der Waals surface area contributed by atoms with Crippen LogP contribution >= 0.6 is 0 Å². The standard InChI is InChI=1S/C24H25N3O3S/c1-18-9-15-22(16-10-18)31(29,30)27-17-5-8-23(27)24(28)26-21-13-11-20(12-14-21)25-19-6-3-2-4-7-19/h2-4,6-7,9-16,23,25H,5,8,17H2,1H3,(H,26,28)/t23-/m1/s1. The van der Waals surface area contributed by atoms with E-state index in [1.165, 1.54) is 4.31 Å². The molecule has 0 spiro atoms. The summed E-state index contributed by atoms with van der Waals surface area (Å²) in [6.45, 7) is 2.25. The molecule has 31 heavy (non-hydrogen) atoms. The van der Waals surface area contributed by atoms with Crippen LogP contribution in [0.5, 0.6) is 0 Å². The van der Waals surface area contributed by atoms with E-state index in [1.807, 2.05) is 49.4 Å².